The Hall–Kier alpha value is -0.540. The van der Waals surface area contributed by atoms with Crippen LogP contribution in [0, 0.1) is 0 Å². The second-order valence-electron chi connectivity index (χ2n) is 4.39. The van der Waals surface area contributed by atoms with Gasteiger partial charge in [0.25, 0.3) is 5.91 Å². The van der Waals surface area contributed by atoms with Crippen molar-refractivity contribution >= 4 is 28.8 Å². The minimum absolute atomic E-state index is 0.159. The number of alkyl halides is 1. The lowest BCUT2D eigenvalue weighted by molar-refractivity contribution is 0.0770. The highest BCUT2D eigenvalue weighted by atomic mass is 35.5. The first-order valence-corrected chi connectivity index (χ1v) is 7.58. The number of amides is 1. The average Bonchev–Trinajstić information content (AvgIpc) is 2.87. The lowest BCUT2D eigenvalue weighted by Gasteiger charge is -2.20. The van der Waals surface area contributed by atoms with E-state index in [4.69, 9.17) is 11.6 Å². The quantitative estimate of drug-likeness (QED) is 0.753. The van der Waals surface area contributed by atoms with E-state index in [0.717, 1.165) is 30.7 Å². The Bertz CT molecular complexity index is 375. The molecule has 0 bridgehead atoms. The fraction of sp³-hybridized carbons (Fsp3) is 0.615. The van der Waals surface area contributed by atoms with Gasteiger partial charge in [0.1, 0.15) is 0 Å². The first kappa shape index (κ1) is 12.9. The Morgan fingerprint density at radius 1 is 1.47 bits per heavy atom. The summed E-state index contributed by atoms with van der Waals surface area (Å²) in [6.45, 7) is 3.54. The van der Waals surface area contributed by atoms with Gasteiger partial charge in [-0.1, -0.05) is 6.92 Å². The molecule has 0 fully saturated rings. The number of rotatable bonds is 5. The summed E-state index contributed by atoms with van der Waals surface area (Å²) in [6, 6.07) is 2.09. The topological polar surface area (TPSA) is 20.3 Å². The molecule has 1 aliphatic rings. The number of fused-ring (bicyclic) bond motifs is 1. The molecule has 1 amide bonds. The predicted molar refractivity (Wildman–Crippen MR) is 73.3 cm³/mol. The van der Waals surface area contributed by atoms with Crippen LogP contribution in [-0.4, -0.2) is 29.8 Å². The predicted octanol–water partition coefficient (Wildman–Crippen LogP) is 3.33. The molecule has 1 aromatic heterocycles. The Kier molecular flexibility index (Phi) is 4.46. The van der Waals surface area contributed by atoms with Crippen molar-refractivity contribution in [3.63, 3.8) is 0 Å². The summed E-state index contributed by atoms with van der Waals surface area (Å²) < 4.78 is 0. The van der Waals surface area contributed by atoms with Crippen molar-refractivity contribution in [2.45, 2.75) is 32.6 Å². The monoisotopic (exact) mass is 271 g/mol. The SMILES string of the molecule is CCCN(CCCl)C(=O)c1cc2c(s1)CCC2. The molecule has 4 heteroatoms. The van der Waals surface area contributed by atoms with E-state index in [1.165, 1.54) is 16.9 Å². The van der Waals surface area contributed by atoms with E-state index in [1.54, 1.807) is 11.3 Å². The van der Waals surface area contributed by atoms with Crippen LogP contribution in [0.1, 0.15) is 39.9 Å². The zero-order valence-electron chi connectivity index (χ0n) is 10.2. The number of aryl methyl sites for hydroxylation is 2. The number of thiophene rings is 1. The van der Waals surface area contributed by atoms with Crippen LogP contribution in [0.3, 0.4) is 0 Å². The van der Waals surface area contributed by atoms with Crippen molar-refractivity contribution in [2.75, 3.05) is 19.0 Å². The summed E-state index contributed by atoms with van der Waals surface area (Å²) in [5.74, 6) is 0.670. The lowest BCUT2D eigenvalue weighted by atomic mass is 10.2. The van der Waals surface area contributed by atoms with Crippen molar-refractivity contribution in [2.24, 2.45) is 0 Å². The van der Waals surface area contributed by atoms with E-state index >= 15 is 0 Å². The molecular formula is C13H18ClNOS. The summed E-state index contributed by atoms with van der Waals surface area (Å²) >= 11 is 7.42. The second kappa shape index (κ2) is 5.87. The van der Waals surface area contributed by atoms with Crippen molar-refractivity contribution in [1.29, 1.82) is 0 Å². The Balaban J connectivity index is 2.11. The van der Waals surface area contributed by atoms with E-state index in [1.807, 2.05) is 4.90 Å². The molecular weight excluding hydrogens is 254 g/mol. The van der Waals surface area contributed by atoms with Gasteiger partial charge in [0.15, 0.2) is 0 Å². The first-order chi connectivity index (χ1) is 8.26. The maximum absolute atomic E-state index is 12.3. The van der Waals surface area contributed by atoms with Crippen LogP contribution in [0.2, 0.25) is 0 Å². The molecule has 1 aromatic rings. The first-order valence-electron chi connectivity index (χ1n) is 6.23. The van der Waals surface area contributed by atoms with Gasteiger partial charge in [-0.15, -0.1) is 22.9 Å². The molecule has 17 heavy (non-hydrogen) atoms. The van der Waals surface area contributed by atoms with Crippen LogP contribution in [0.25, 0.3) is 0 Å². The summed E-state index contributed by atoms with van der Waals surface area (Å²) in [7, 11) is 0. The molecule has 0 atom stereocenters. The van der Waals surface area contributed by atoms with Crippen LogP contribution in [0.5, 0.6) is 0 Å². The standard InChI is InChI=1S/C13H18ClNOS/c1-2-7-15(8-6-14)13(16)12-9-10-4-3-5-11(10)17-12/h9H,2-8H2,1H3. The van der Waals surface area contributed by atoms with Gasteiger partial charge in [0.2, 0.25) is 0 Å². The van der Waals surface area contributed by atoms with Crippen molar-refractivity contribution in [3.8, 4) is 0 Å². The fourth-order valence-electron chi connectivity index (χ4n) is 2.28. The largest absolute Gasteiger partial charge is 0.337 e. The van der Waals surface area contributed by atoms with E-state index in [9.17, 15) is 4.79 Å². The zero-order valence-corrected chi connectivity index (χ0v) is 11.7. The second-order valence-corrected chi connectivity index (χ2v) is 5.91. The van der Waals surface area contributed by atoms with Crippen molar-refractivity contribution in [3.05, 3.63) is 21.4 Å². The summed E-state index contributed by atoms with van der Waals surface area (Å²) in [4.78, 5) is 16.5. The van der Waals surface area contributed by atoms with Crippen LogP contribution in [-0.2, 0) is 12.8 Å². The summed E-state index contributed by atoms with van der Waals surface area (Å²) in [5.41, 5.74) is 1.39. The Labute approximate surface area is 112 Å². The molecule has 0 aromatic carbocycles. The van der Waals surface area contributed by atoms with E-state index in [-0.39, 0.29) is 5.91 Å². The third-order valence-corrected chi connectivity index (χ3v) is 4.49. The van der Waals surface area contributed by atoms with Gasteiger partial charge in [-0.2, -0.15) is 0 Å². The zero-order chi connectivity index (χ0) is 12.3. The highest BCUT2D eigenvalue weighted by Crippen LogP contribution is 2.31. The number of hydrogen-bond acceptors (Lipinski definition) is 2. The molecule has 94 valence electrons. The Morgan fingerprint density at radius 3 is 2.94 bits per heavy atom. The molecule has 2 rings (SSSR count). The van der Waals surface area contributed by atoms with Gasteiger partial charge < -0.3 is 4.90 Å². The number of hydrogen-bond donors (Lipinski definition) is 0. The molecule has 1 aliphatic carbocycles. The highest BCUT2D eigenvalue weighted by Gasteiger charge is 2.21. The lowest BCUT2D eigenvalue weighted by Crippen LogP contribution is -2.32. The average molecular weight is 272 g/mol. The normalized spacial score (nSPS) is 13.8. The van der Waals surface area contributed by atoms with Crippen LogP contribution < -0.4 is 0 Å². The molecule has 0 saturated carbocycles. The molecule has 0 saturated heterocycles. The molecule has 0 aliphatic heterocycles. The number of nitrogens with zero attached hydrogens (tertiary/aromatic N) is 1. The third kappa shape index (κ3) is 2.83. The highest BCUT2D eigenvalue weighted by molar-refractivity contribution is 7.14. The van der Waals surface area contributed by atoms with Crippen LogP contribution in [0.4, 0.5) is 0 Å². The number of halogens is 1. The van der Waals surface area contributed by atoms with Gasteiger partial charge >= 0.3 is 0 Å². The fourth-order valence-corrected chi connectivity index (χ4v) is 3.70. The molecule has 2 nitrogen and oxygen atoms in total. The van der Waals surface area contributed by atoms with Gasteiger partial charge in [-0.3, -0.25) is 4.79 Å². The summed E-state index contributed by atoms with van der Waals surface area (Å²) in [5, 5.41) is 0. The Morgan fingerprint density at radius 2 is 2.29 bits per heavy atom. The minimum Gasteiger partial charge on any atom is -0.337 e. The van der Waals surface area contributed by atoms with Crippen molar-refractivity contribution in [1.82, 2.24) is 4.90 Å². The maximum Gasteiger partial charge on any atom is 0.263 e. The van der Waals surface area contributed by atoms with Gasteiger partial charge in [-0.25, -0.2) is 0 Å². The van der Waals surface area contributed by atoms with E-state index in [2.05, 4.69) is 13.0 Å². The molecule has 0 spiro atoms. The third-order valence-electron chi connectivity index (χ3n) is 3.09. The maximum atomic E-state index is 12.3. The van der Waals surface area contributed by atoms with Gasteiger partial charge in [0, 0.05) is 23.8 Å². The molecule has 1 heterocycles. The number of carbonyl (C=O) groups is 1. The summed E-state index contributed by atoms with van der Waals surface area (Å²) in [6.07, 6.45) is 4.52. The smallest absolute Gasteiger partial charge is 0.263 e. The van der Waals surface area contributed by atoms with Crippen LogP contribution in [0.15, 0.2) is 6.07 Å². The number of carbonyl (C=O) groups excluding carboxylic acids is 1. The van der Waals surface area contributed by atoms with Crippen LogP contribution >= 0.6 is 22.9 Å². The van der Waals surface area contributed by atoms with E-state index < -0.39 is 0 Å². The van der Waals surface area contributed by atoms with Gasteiger partial charge in [0.05, 0.1) is 4.88 Å². The minimum atomic E-state index is 0.159. The van der Waals surface area contributed by atoms with Crippen molar-refractivity contribution < 1.29 is 4.79 Å². The molecule has 0 unspecified atom stereocenters. The van der Waals surface area contributed by atoms with E-state index in [0.29, 0.717) is 12.4 Å². The molecule has 0 radical (unpaired) electrons. The van der Waals surface area contributed by atoms with Gasteiger partial charge in [-0.05, 0) is 37.3 Å². The molecule has 0 N–H and O–H groups in total.